The topological polar surface area (TPSA) is 89.0 Å². The van der Waals surface area contributed by atoms with Crippen molar-refractivity contribution in [3.63, 3.8) is 0 Å². The van der Waals surface area contributed by atoms with E-state index in [9.17, 15) is 9.59 Å². The lowest BCUT2D eigenvalue weighted by Gasteiger charge is -2.08. The van der Waals surface area contributed by atoms with E-state index >= 15 is 0 Å². The van der Waals surface area contributed by atoms with Crippen LogP contribution < -0.4 is 20.2 Å². The second-order valence-corrected chi connectivity index (χ2v) is 5.79. The van der Waals surface area contributed by atoms with E-state index in [1.54, 1.807) is 31.4 Å². The third-order valence-corrected chi connectivity index (χ3v) is 4.03. The molecule has 2 amide bonds. The van der Waals surface area contributed by atoms with E-state index in [0.717, 1.165) is 10.8 Å². The lowest BCUT2D eigenvalue weighted by Crippen LogP contribution is -2.32. The van der Waals surface area contributed by atoms with Crippen LogP contribution in [0.1, 0.15) is 5.56 Å². The van der Waals surface area contributed by atoms with E-state index < -0.39 is 11.8 Å². The monoisotopic (exact) mass is 377 g/mol. The quantitative estimate of drug-likeness (QED) is 0.406. The Bertz CT molecular complexity index is 1040. The number of hydrogen-bond donors (Lipinski definition) is 2. The Balaban J connectivity index is 1.64. The smallest absolute Gasteiger partial charge is 0.329 e. The van der Waals surface area contributed by atoms with E-state index in [1.165, 1.54) is 13.3 Å². The van der Waals surface area contributed by atoms with Gasteiger partial charge in [-0.2, -0.15) is 5.10 Å². The zero-order valence-electron chi connectivity index (χ0n) is 15.4. The van der Waals surface area contributed by atoms with Crippen LogP contribution >= 0.6 is 0 Å². The van der Waals surface area contributed by atoms with Crippen molar-refractivity contribution in [2.75, 3.05) is 19.5 Å². The van der Waals surface area contributed by atoms with Gasteiger partial charge in [0, 0.05) is 11.1 Å². The largest absolute Gasteiger partial charge is 0.493 e. The molecule has 3 aromatic rings. The number of amides is 2. The van der Waals surface area contributed by atoms with Crippen LogP contribution in [0.2, 0.25) is 0 Å². The van der Waals surface area contributed by atoms with Gasteiger partial charge in [0.15, 0.2) is 11.5 Å². The van der Waals surface area contributed by atoms with Crippen molar-refractivity contribution in [2.24, 2.45) is 5.10 Å². The Labute approximate surface area is 162 Å². The molecule has 0 aliphatic heterocycles. The summed E-state index contributed by atoms with van der Waals surface area (Å²) in [7, 11) is 3.07. The highest BCUT2D eigenvalue weighted by molar-refractivity contribution is 6.40. The predicted molar refractivity (Wildman–Crippen MR) is 108 cm³/mol. The lowest BCUT2D eigenvalue weighted by molar-refractivity contribution is -0.136. The van der Waals surface area contributed by atoms with Crippen molar-refractivity contribution in [1.29, 1.82) is 0 Å². The minimum Gasteiger partial charge on any atom is -0.493 e. The maximum absolute atomic E-state index is 12.1. The number of rotatable bonds is 5. The normalized spacial score (nSPS) is 10.6. The molecule has 0 spiro atoms. The Morgan fingerprint density at radius 3 is 2.43 bits per heavy atom. The van der Waals surface area contributed by atoms with Crippen molar-refractivity contribution >= 4 is 34.5 Å². The van der Waals surface area contributed by atoms with Gasteiger partial charge < -0.3 is 14.8 Å². The van der Waals surface area contributed by atoms with Crippen molar-refractivity contribution < 1.29 is 19.1 Å². The van der Waals surface area contributed by atoms with Crippen molar-refractivity contribution in [2.45, 2.75) is 0 Å². The van der Waals surface area contributed by atoms with Gasteiger partial charge in [0.2, 0.25) is 0 Å². The van der Waals surface area contributed by atoms with Crippen LogP contribution in [0.15, 0.2) is 65.8 Å². The third kappa shape index (κ3) is 4.27. The summed E-state index contributed by atoms with van der Waals surface area (Å²) in [4.78, 5) is 24.2. The maximum Gasteiger partial charge on any atom is 0.329 e. The van der Waals surface area contributed by atoms with E-state index in [2.05, 4.69) is 15.8 Å². The average Bonchev–Trinajstić information content (AvgIpc) is 2.73. The number of hydrazone groups is 1. The van der Waals surface area contributed by atoms with E-state index in [1.807, 2.05) is 36.4 Å². The molecule has 0 saturated heterocycles. The number of ether oxygens (including phenoxy) is 2. The summed E-state index contributed by atoms with van der Waals surface area (Å²) in [5.41, 5.74) is 3.44. The van der Waals surface area contributed by atoms with Crippen LogP contribution in [-0.2, 0) is 9.59 Å². The van der Waals surface area contributed by atoms with E-state index in [0.29, 0.717) is 22.7 Å². The molecular weight excluding hydrogens is 358 g/mol. The van der Waals surface area contributed by atoms with Crippen LogP contribution in [-0.4, -0.2) is 32.2 Å². The van der Waals surface area contributed by atoms with Gasteiger partial charge >= 0.3 is 11.8 Å². The summed E-state index contributed by atoms with van der Waals surface area (Å²) in [6.45, 7) is 0. The maximum atomic E-state index is 12.1. The minimum absolute atomic E-state index is 0.534. The summed E-state index contributed by atoms with van der Waals surface area (Å²) in [6, 6.07) is 18.2. The van der Waals surface area contributed by atoms with Gasteiger partial charge in [-0.1, -0.05) is 36.4 Å². The van der Waals surface area contributed by atoms with Crippen molar-refractivity contribution in [3.05, 3.63) is 66.2 Å². The summed E-state index contributed by atoms with van der Waals surface area (Å²) >= 11 is 0. The highest BCUT2D eigenvalue weighted by Crippen LogP contribution is 2.27. The SMILES string of the molecule is COc1ccc(/C=N/NC(=O)C(=O)Nc2cccc3ccccc23)cc1OC. The fourth-order valence-corrected chi connectivity index (χ4v) is 2.66. The number of benzene rings is 3. The van der Waals surface area contributed by atoms with E-state index in [-0.39, 0.29) is 0 Å². The van der Waals surface area contributed by atoms with Crippen LogP contribution in [0.3, 0.4) is 0 Å². The number of carbonyl (C=O) groups excluding carboxylic acids is 2. The summed E-state index contributed by atoms with van der Waals surface area (Å²) < 4.78 is 10.4. The first kappa shape index (κ1) is 18.9. The van der Waals surface area contributed by atoms with Gasteiger partial charge in [-0.3, -0.25) is 9.59 Å². The fraction of sp³-hybridized carbons (Fsp3) is 0.0952. The molecule has 0 heterocycles. The molecule has 7 nitrogen and oxygen atoms in total. The molecule has 0 radical (unpaired) electrons. The highest BCUT2D eigenvalue weighted by Gasteiger charge is 2.14. The molecule has 0 aliphatic rings. The molecule has 3 rings (SSSR count). The van der Waals surface area contributed by atoms with Gasteiger partial charge in [-0.25, -0.2) is 5.43 Å². The molecule has 7 heteroatoms. The number of nitrogens with one attached hydrogen (secondary N) is 2. The number of fused-ring (bicyclic) bond motifs is 1. The molecular formula is C21H19N3O4. The molecule has 0 aliphatic carbocycles. The number of anilines is 1. The summed E-state index contributed by atoms with van der Waals surface area (Å²) in [5, 5.41) is 8.23. The van der Waals surface area contributed by atoms with Gasteiger partial charge in [0.25, 0.3) is 0 Å². The fourth-order valence-electron chi connectivity index (χ4n) is 2.66. The number of nitrogens with zero attached hydrogens (tertiary/aromatic N) is 1. The molecule has 0 atom stereocenters. The van der Waals surface area contributed by atoms with Crippen molar-refractivity contribution in [3.8, 4) is 11.5 Å². The molecule has 28 heavy (non-hydrogen) atoms. The molecule has 3 aromatic carbocycles. The first-order chi connectivity index (χ1) is 13.6. The van der Waals surface area contributed by atoms with Crippen LogP contribution in [0.25, 0.3) is 10.8 Å². The zero-order chi connectivity index (χ0) is 19.9. The summed E-state index contributed by atoms with van der Waals surface area (Å²) in [6.07, 6.45) is 1.41. The Morgan fingerprint density at radius 1 is 0.893 bits per heavy atom. The molecule has 0 unspecified atom stereocenters. The average molecular weight is 377 g/mol. The zero-order valence-corrected chi connectivity index (χ0v) is 15.4. The first-order valence-corrected chi connectivity index (χ1v) is 8.46. The second kappa shape index (κ2) is 8.68. The second-order valence-electron chi connectivity index (χ2n) is 5.79. The number of methoxy groups -OCH3 is 2. The Hall–Kier alpha value is -3.87. The van der Waals surface area contributed by atoms with Crippen LogP contribution in [0.4, 0.5) is 5.69 Å². The van der Waals surface area contributed by atoms with Crippen LogP contribution in [0, 0.1) is 0 Å². The molecule has 0 aromatic heterocycles. The van der Waals surface area contributed by atoms with Gasteiger partial charge in [0.05, 0.1) is 20.4 Å². The molecule has 2 N–H and O–H groups in total. The standard InChI is InChI=1S/C21H19N3O4/c1-27-18-11-10-14(12-19(18)28-2)13-22-24-21(26)20(25)23-17-9-5-7-15-6-3-4-8-16(15)17/h3-13H,1-2H3,(H,23,25)(H,24,26)/b22-13+. The Morgan fingerprint density at radius 2 is 1.64 bits per heavy atom. The van der Waals surface area contributed by atoms with Gasteiger partial charge in [-0.05, 0) is 35.2 Å². The molecule has 0 fully saturated rings. The molecule has 0 bridgehead atoms. The van der Waals surface area contributed by atoms with E-state index in [4.69, 9.17) is 9.47 Å². The number of carbonyl (C=O) groups is 2. The first-order valence-electron chi connectivity index (χ1n) is 8.46. The highest BCUT2D eigenvalue weighted by atomic mass is 16.5. The predicted octanol–water partition coefficient (Wildman–Crippen LogP) is 2.95. The summed E-state index contributed by atoms with van der Waals surface area (Å²) in [5.74, 6) is -0.560. The van der Waals surface area contributed by atoms with Crippen molar-refractivity contribution in [1.82, 2.24) is 5.43 Å². The third-order valence-electron chi connectivity index (χ3n) is 4.03. The lowest BCUT2D eigenvalue weighted by atomic mass is 10.1. The molecule has 142 valence electrons. The van der Waals surface area contributed by atoms with Gasteiger partial charge in [0.1, 0.15) is 0 Å². The minimum atomic E-state index is -0.871. The Kier molecular flexibility index (Phi) is 5.86. The van der Waals surface area contributed by atoms with Crippen LogP contribution in [0.5, 0.6) is 11.5 Å². The van der Waals surface area contributed by atoms with Gasteiger partial charge in [-0.15, -0.1) is 0 Å². The molecule has 0 saturated carbocycles. The number of hydrogen-bond acceptors (Lipinski definition) is 5.